The molecule has 42 heavy (non-hydrogen) atoms. The Hall–Kier alpha value is -4.14. The van der Waals surface area contributed by atoms with Gasteiger partial charge < -0.3 is 29.9 Å². The first kappa shape index (κ1) is 28.0. The molecule has 0 amide bonds. The molecule has 3 atom stereocenters. The van der Waals surface area contributed by atoms with E-state index in [9.17, 15) is 29.2 Å². The summed E-state index contributed by atoms with van der Waals surface area (Å²) in [5.74, 6) is -2.05. The minimum absolute atomic E-state index is 0.260. The smallest absolute Gasteiger partial charge is 0.163 e. The van der Waals surface area contributed by atoms with E-state index in [1.165, 1.54) is 30.3 Å². The fourth-order valence-corrected chi connectivity index (χ4v) is 6.53. The van der Waals surface area contributed by atoms with Crippen LogP contribution in [0.3, 0.4) is 0 Å². The number of phenols is 4. The standard InChI is InChI=1S/C34H32F2O6/c1-17-14-23-25(16-27(38)31(40)29(23)33(42-17)19-6-10-21(36)11-7-19)34(2,3)24-15-26(37)30(39)28-22(24)12-13-41-32(28)18-4-8-20(35)9-5-18/h4-11,15-17,32-33,37-40H,12-14H2,1-3H3. The van der Waals surface area contributed by atoms with Crippen molar-refractivity contribution < 1.29 is 38.7 Å². The van der Waals surface area contributed by atoms with Gasteiger partial charge in [0.2, 0.25) is 0 Å². The Balaban J connectivity index is 1.55. The zero-order valence-corrected chi connectivity index (χ0v) is 23.5. The summed E-state index contributed by atoms with van der Waals surface area (Å²) < 4.78 is 39.7. The van der Waals surface area contributed by atoms with Crippen molar-refractivity contribution in [3.63, 3.8) is 0 Å². The number of hydrogen-bond donors (Lipinski definition) is 4. The van der Waals surface area contributed by atoms with Crippen molar-refractivity contribution in [2.24, 2.45) is 0 Å². The van der Waals surface area contributed by atoms with Crippen molar-refractivity contribution in [2.45, 2.75) is 57.3 Å². The number of halogens is 2. The predicted octanol–water partition coefficient (Wildman–Crippen LogP) is 6.83. The topological polar surface area (TPSA) is 99.4 Å². The minimum atomic E-state index is -0.848. The molecule has 4 N–H and O–H groups in total. The first-order valence-electron chi connectivity index (χ1n) is 13.9. The molecule has 0 saturated heterocycles. The quantitative estimate of drug-likeness (QED) is 0.200. The fraction of sp³-hybridized carbons (Fsp3) is 0.294. The molecule has 8 heteroatoms. The Morgan fingerprint density at radius 3 is 1.74 bits per heavy atom. The molecule has 3 unspecified atom stereocenters. The lowest BCUT2D eigenvalue weighted by atomic mass is 9.69. The van der Waals surface area contributed by atoms with Gasteiger partial charge in [0.25, 0.3) is 0 Å². The van der Waals surface area contributed by atoms with Crippen molar-refractivity contribution in [3.05, 3.63) is 117 Å². The summed E-state index contributed by atoms with van der Waals surface area (Å²) in [5, 5.41) is 44.1. The third-order valence-corrected chi connectivity index (χ3v) is 8.57. The highest BCUT2D eigenvalue weighted by atomic mass is 19.1. The molecule has 0 saturated carbocycles. The Bertz CT molecular complexity index is 1660. The average molecular weight is 575 g/mol. The first-order valence-corrected chi connectivity index (χ1v) is 13.9. The molecule has 0 aromatic heterocycles. The summed E-state index contributed by atoms with van der Waals surface area (Å²) in [5.41, 5.74) is 4.24. The zero-order valence-electron chi connectivity index (χ0n) is 23.5. The SMILES string of the molecule is CC1Cc2c(C(C)(C)c3cc(O)c(O)c4c3CCOC4c3ccc(F)cc3)cc(O)c(O)c2C(c2ccc(F)cc2)O1. The summed E-state index contributed by atoms with van der Waals surface area (Å²) in [6, 6.07) is 14.8. The maximum atomic E-state index is 13.7. The third kappa shape index (κ3) is 4.55. The molecule has 0 spiro atoms. The molecule has 0 fully saturated rings. The van der Waals surface area contributed by atoms with Gasteiger partial charge in [-0.25, -0.2) is 8.78 Å². The maximum absolute atomic E-state index is 13.7. The Kier molecular flexibility index (Phi) is 6.86. The first-order chi connectivity index (χ1) is 20.0. The van der Waals surface area contributed by atoms with Crippen LogP contribution >= 0.6 is 0 Å². The highest BCUT2D eigenvalue weighted by Gasteiger charge is 2.40. The van der Waals surface area contributed by atoms with Gasteiger partial charge in [-0.3, -0.25) is 0 Å². The molecule has 218 valence electrons. The molecule has 2 aliphatic heterocycles. The van der Waals surface area contributed by atoms with Crippen LogP contribution in [0.2, 0.25) is 0 Å². The van der Waals surface area contributed by atoms with Crippen LogP contribution in [0, 0.1) is 11.6 Å². The molecule has 4 aromatic rings. The number of rotatable bonds is 4. The van der Waals surface area contributed by atoms with Gasteiger partial charge in [-0.1, -0.05) is 38.1 Å². The van der Waals surface area contributed by atoms with Gasteiger partial charge in [-0.2, -0.15) is 0 Å². The van der Waals surface area contributed by atoms with E-state index in [0.717, 1.165) is 11.1 Å². The maximum Gasteiger partial charge on any atom is 0.163 e. The van der Waals surface area contributed by atoms with Crippen molar-refractivity contribution in [3.8, 4) is 23.0 Å². The Labute approximate surface area is 242 Å². The highest BCUT2D eigenvalue weighted by molar-refractivity contribution is 5.64. The van der Waals surface area contributed by atoms with Gasteiger partial charge in [-0.15, -0.1) is 0 Å². The van der Waals surface area contributed by atoms with Gasteiger partial charge in [0, 0.05) is 16.5 Å². The molecule has 6 rings (SSSR count). The van der Waals surface area contributed by atoms with Gasteiger partial charge in [0.05, 0.1) is 12.7 Å². The Morgan fingerprint density at radius 1 is 0.714 bits per heavy atom. The summed E-state index contributed by atoms with van der Waals surface area (Å²) >= 11 is 0. The van der Waals surface area contributed by atoms with Crippen LogP contribution < -0.4 is 0 Å². The van der Waals surface area contributed by atoms with Crippen molar-refractivity contribution in [1.29, 1.82) is 0 Å². The summed E-state index contributed by atoms with van der Waals surface area (Å²) in [4.78, 5) is 0. The molecule has 6 nitrogen and oxygen atoms in total. The van der Waals surface area contributed by atoms with Crippen molar-refractivity contribution in [1.82, 2.24) is 0 Å². The number of aromatic hydroxyl groups is 4. The van der Waals surface area contributed by atoms with Crippen LogP contribution in [0.1, 0.15) is 77.5 Å². The lowest BCUT2D eigenvalue weighted by molar-refractivity contribution is 0.00523. The third-order valence-electron chi connectivity index (χ3n) is 8.57. The van der Waals surface area contributed by atoms with E-state index >= 15 is 0 Å². The number of phenolic OH excluding ortho intramolecular Hbond substituents is 4. The normalized spacial score (nSPS) is 20.2. The van der Waals surface area contributed by atoms with Crippen LogP contribution in [0.5, 0.6) is 23.0 Å². The van der Waals surface area contributed by atoms with Gasteiger partial charge in [0.1, 0.15) is 23.8 Å². The lowest BCUT2D eigenvalue weighted by Gasteiger charge is -2.39. The summed E-state index contributed by atoms with van der Waals surface area (Å²) in [6.07, 6.45) is -0.847. The molecule has 0 bridgehead atoms. The van der Waals surface area contributed by atoms with Crippen LogP contribution in [0.4, 0.5) is 8.78 Å². The van der Waals surface area contributed by atoms with E-state index in [-0.39, 0.29) is 29.1 Å². The largest absolute Gasteiger partial charge is 0.504 e. The number of fused-ring (bicyclic) bond motifs is 2. The van der Waals surface area contributed by atoms with E-state index in [2.05, 4.69) is 0 Å². The molecular formula is C34H32F2O6. The van der Waals surface area contributed by atoms with E-state index in [1.54, 1.807) is 30.3 Å². The van der Waals surface area contributed by atoms with Gasteiger partial charge in [-0.05, 0) is 89.5 Å². The van der Waals surface area contributed by atoms with Crippen molar-refractivity contribution in [2.75, 3.05) is 6.61 Å². The van der Waals surface area contributed by atoms with Crippen LogP contribution in [0.15, 0.2) is 60.7 Å². The monoisotopic (exact) mass is 574 g/mol. The Morgan fingerprint density at radius 2 is 1.19 bits per heavy atom. The minimum Gasteiger partial charge on any atom is -0.504 e. The molecule has 0 radical (unpaired) electrons. The van der Waals surface area contributed by atoms with Crippen molar-refractivity contribution >= 4 is 0 Å². The molecule has 2 heterocycles. The van der Waals surface area contributed by atoms with E-state index in [1.807, 2.05) is 20.8 Å². The second kappa shape index (κ2) is 10.3. The molecule has 2 aliphatic rings. The zero-order chi connectivity index (χ0) is 29.9. The number of ether oxygens (including phenoxy) is 2. The fourth-order valence-electron chi connectivity index (χ4n) is 6.53. The number of hydrogen-bond acceptors (Lipinski definition) is 6. The predicted molar refractivity (Wildman–Crippen MR) is 152 cm³/mol. The van der Waals surface area contributed by atoms with Crippen LogP contribution in [-0.4, -0.2) is 33.1 Å². The number of benzene rings is 4. The van der Waals surface area contributed by atoms with Gasteiger partial charge in [0.15, 0.2) is 23.0 Å². The lowest BCUT2D eigenvalue weighted by Crippen LogP contribution is -2.31. The highest BCUT2D eigenvalue weighted by Crippen LogP contribution is 2.52. The van der Waals surface area contributed by atoms with Gasteiger partial charge >= 0.3 is 0 Å². The van der Waals surface area contributed by atoms with Crippen LogP contribution in [0.25, 0.3) is 0 Å². The van der Waals surface area contributed by atoms with E-state index < -0.39 is 29.3 Å². The van der Waals surface area contributed by atoms with E-state index in [4.69, 9.17) is 9.47 Å². The second-order valence-electron chi connectivity index (χ2n) is 11.6. The second-order valence-corrected chi connectivity index (χ2v) is 11.6. The van der Waals surface area contributed by atoms with Crippen LogP contribution in [-0.2, 0) is 27.7 Å². The molecular weight excluding hydrogens is 542 g/mol. The molecule has 0 aliphatic carbocycles. The molecule has 4 aromatic carbocycles. The average Bonchev–Trinajstić information content (AvgIpc) is 2.96. The summed E-state index contributed by atoms with van der Waals surface area (Å²) in [6.45, 7) is 6.17. The summed E-state index contributed by atoms with van der Waals surface area (Å²) in [7, 11) is 0. The van der Waals surface area contributed by atoms with E-state index in [0.29, 0.717) is 52.8 Å².